The Morgan fingerprint density at radius 1 is 1.30 bits per heavy atom. The molecule has 1 aromatic carbocycles. The molecule has 116 valence electrons. The summed E-state index contributed by atoms with van der Waals surface area (Å²) < 4.78 is 5.12. The standard InChI is InChI=1S/C17H15N3O2S/c1-12-4-6-13(7-5-12)8-9-15(21)18-11-16-19-17(20-22-16)14-3-2-10-23-14/h2-10H,11H2,1H3,(H,18,21)/b9-8+. The molecule has 5 nitrogen and oxygen atoms in total. The van der Waals surface area contributed by atoms with Crippen molar-refractivity contribution in [1.29, 1.82) is 0 Å². The van der Waals surface area contributed by atoms with E-state index in [1.54, 1.807) is 6.08 Å². The molecule has 3 aromatic rings. The first-order valence-electron chi connectivity index (χ1n) is 7.10. The largest absolute Gasteiger partial charge is 0.343 e. The second kappa shape index (κ2) is 7.02. The number of benzene rings is 1. The van der Waals surface area contributed by atoms with Crippen LogP contribution in [-0.2, 0) is 11.3 Å². The van der Waals surface area contributed by atoms with Crippen LogP contribution in [0.5, 0.6) is 0 Å². The molecule has 0 aliphatic rings. The van der Waals surface area contributed by atoms with E-state index in [-0.39, 0.29) is 12.5 Å². The Morgan fingerprint density at radius 2 is 2.13 bits per heavy atom. The third-order valence-corrected chi connectivity index (χ3v) is 3.99. The number of aryl methyl sites for hydroxylation is 1. The maximum absolute atomic E-state index is 11.8. The van der Waals surface area contributed by atoms with E-state index < -0.39 is 0 Å². The van der Waals surface area contributed by atoms with Gasteiger partial charge in [0.2, 0.25) is 17.6 Å². The molecule has 1 N–H and O–H groups in total. The van der Waals surface area contributed by atoms with Gasteiger partial charge in [-0.15, -0.1) is 11.3 Å². The molecule has 2 aromatic heterocycles. The third-order valence-electron chi connectivity index (χ3n) is 3.13. The molecule has 0 saturated carbocycles. The maximum Gasteiger partial charge on any atom is 0.246 e. The quantitative estimate of drug-likeness (QED) is 0.730. The van der Waals surface area contributed by atoms with Crippen LogP contribution in [0.2, 0.25) is 0 Å². The third kappa shape index (κ3) is 4.14. The highest BCUT2D eigenvalue weighted by atomic mass is 32.1. The molecule has 0 bridgehead atoms. The van der Waals surface area contributed by atoms with Gasteiger partial charge in [-0.05, 0) is 30.0 Å². The smallest absolute Gasteiger partial charge is 0.246 e. The Morgan fingerprint density at radius 3 is 2.87 bits per heavy atom. The van der Waals surface area contributed by atoms with E-state index in [0.717, 1.165) is 10.4 Å². The van der Waals surface area contributed by atoms with Gasteiger partial charge in [0.1, 0.15) is 0 Å². The van der Waals surface area contributed by atoms with Crippen LogP contribution in [0.15, 0.2) is 52.4 Å². The molecule has 2 heterocycles. The van der Waals surface area contributed by atoms with Gasteiger partial charge in [-0.25, -0.2) is 0 Å². The fraction of sp³-hybridized carbons (Fsp3) is 0.118. The molecule has 0 saturated heterocycles. The summed E-state index contributed by atoms with van der Waals surface area (Å²) in [5, 5.41) is 8.56. The van der Waals surface area contributed by atoms with E-state index in [4.69, 9.17) is 4.52 Å². The van der Waals surface area contributed by atoms with Gasteiger partial charge < -0.3 is 9.84 Å². The minimum Gasteiger partial charge on any atom is -0.343 e. The topological polar surface area (TPSA) is 68.0 Å². The molecular weight excluding hydrogens is 310 g/mol. The second-order valence-corrected chi connectivity index (χ2v) is 5.90. The molecule has 3 rings (SSSR count). The van der Waals surface area contributed by atoms with Crippen LogP contribution in [0.1, 0.15) is 17.0 Å². The van der Waals surface area contributed by atoms with Crippen molar-refractivity contribution >= 4 is 23.3 Å². The van der Waals surface area contributed by atoms with Crippen LogP contribution in [0, 0.1) is 6.92 Å². The highest BCUT2D eigenvalue weighted by Gasteiger charge is 2.09. The van der Waals surface area contributed by atoms with Gasteiger partial charge >= 0.3 is 0 Å². The highest BCUT2D eigenvalue weighted by Crippen LogP contribution is 2.21. The van der Waals surface area contributed by atoms with Gasteiger partial charge in [-0.2, -0.15) is 4.98 Å². The SMILES string of the molecule is Cc1ccc(/C=C/C(=O)NCc2nc(-c3cccs3)no2)cc1. The van der Waals surface area contributed by atoms with Gasteiger partial charge in [-0.1, -0.05) is 41.1 Å². The number of rotatable bonds is 5. The zero-order valence-electron chi connectivity index (χ0n) is 12.5. The molecule has 0 unspecified atom stereocenters. The maximum atomic E-state index is 11.8. The number of nitrogens with one attached hydrogen (secondary N) is 1. The van der Waals surface area contributed by atoms with Crippen LogP contribution < -0.4 is 5.32 Å². The lowest BCUT2D eigenvalue weighted by Gasteiger charge is -1.97. The molecular formula is C17H15N3O2S. The molecule has 0 radical (unpaired) electrons. The number of carbonyl (C=O) groups is 1. The van der Waals surface area contributed by atoms with Gasteiger partial charge in [0, 0.05) is 6.08 Å². The van der Waals surface area contributed by atoms with Crippen LogP contribution in [0.25, 0.3) is 16.8 Å². The predicted molar refractivity (Wildman–Crippen MR) is 89.7 cm³/mol. The number of aromatic nitrogens is 2. The van der Waals surface area contributed by atoms with E-state index >= 15 is 0 Å². The lowest BCUT2D eigenvalue weighted by Crippen LogP contribution is -2.20. The zero-order chi connectivity index (χ0) is 16.1. The van der Waals surface area contributed by atoms with E-state index in [2.05, 4.69) is 15.5 Å². The van der Waals surface area contributed by atoms with Crippen LogP contribution in [0.3, 0.4) is 0 Å². The van der Waals surface area contributed by atoms with Crippen molar-refractivity contribution in [3.05, 3.63) is 64.9 Å². The van der Waals surface area contributed by atoms with E-state index in [1.165, 1.54) is 23.0 Å². The van der Waals surface area contributed by atoms with Crippen molar-refractivity contribution in [3.8, 4) is 10.7 Å². The Balaban J connectivity index is 1.54. The summed E-state index contributed by atoms with van der Waals surface area (Å²) in [7, 11) is 0. The summed E-state index contributed by atoms with van der Waals surface area (Å²) >= 11 is 1.54. The Bertz CT molecular complexity index is 805. The summed E-state index contributed by atoms with van der Waals surface area (Å²) in [6.45, 7) is 2.23. The average molecular weight is 325 g/mol. The number of thiophene rings is 1. The predicted octanol–water partition coefficient (Wildman–Crippen LogP) is 3.44. The van der Waals surface area contributed by atoms with Gasteiger partial charge in [0.15, 0.2) is 0 Å². The minimum absolute atomic E-state index is 0.204. The van der Waals surface area contributed by atoms with E-state index in [1.807, 2.05) is 48.7 Å². The number of amides is 1. The van der Waals surface area contributed by atoms with Crippen molar-refractivity contribution in [2.45, 2.75) is 13.5 Å². The summed E-state index contributed by atoms with van der Waals surface area (Å²) in [5.41, 5.74) is 2.16. The molecule has 6 heteroatoms. The van der Waals surface area contributed by atoms with E-state index in [0.29, 0.717) is 11.7 Å². The van der Waals surface area contributed by atoms with Crippen molar-refractivity contribution in [2.24, 2.45) is 0 Å². The first kappa shape index (κ1) is 15.2. The van der Waals surface area contributed by atoms with Crippen molar-refractivity contribution in [3.63, 3.8) is 0 Å². The van der Waals surface area contributed by atoms with Gasteiger partial charge in [-0.3, -0.25) is 4.79 Å². The monoisotopic (exact) mass is 325 g/mol. The minimum atomic E-state index is -0.207. The normalized spacial score (nSPS) is 11.0. The summed E-state index contributed by atoms with van der Waals surface area (Å²) in [6, 6.07) is 11.8. The first-order chi connectivity index (χ1) is 11.2. The second-order valence-electron chi connectivity index (χ2n) is 4.95. The molecule has 0 atom stereocenters. The Hall–Kier alpha value is -2.73. The Kier molecular flexibility index (Phi) is 4.63. The number of hydrogen-bond donors (Lipinski definition) is 1. The summed E-state index contributed by atoms with van der Waals surface area (Å²) in [5.74, 6) is 0.714. The average Bonchev–Trinajstić information content (AvgIpc) is 3.23. The number of carbonyl (C=O) groups excluding carboxylic acids is 1. The molecule has 23 heavy (non-hydrogen) atoms. The van der Waals surface area contributed by atoms with Crippen LogP contribution in [0.4, 0.5) is 0 Å². The summed E-state index contributed by atoms with van der Waals surface area (Å²) in [4.78, 5) is 17.0. The molecule has 0 aliphatic heterocycles. The van der Waals surface area contributed by atoms with Crippen LogP contribution >= 0.6 is 11.3 Å². The van der Waals surface area contributed by atoms with E-state index in [9.17, 15) is 4.79 Å². The Labute approximate surface area is 137 Å². The highest BCUT2D eigenvalue weighted by molar-refractivity contribution is 7.13. The van der Waals surface area contributed by atoms with Gasteiger partial charge in [0.25, 0.3) is 0 Å². The fourth-order valence-corrected chi connectivity index (χ4v) is 2.55. The molecule has 0 aliphatic carbocycles. The van der Waals surface area contributed by atoms with Crippen molar-refractivity contribution < 1.29 is 9.32 Å². The van der Waals surface area contributed by atoms with Crippen molar-refractivity contribution in [2.75, 3.05) is 0 Å². The lowest BCUT2D eigenvalue weighted by atomic mass is 10.1. The van der Waals surface area contributed by atoms with Crippen LogP contribution in [-0.4, -0.2) is 16.0 Å². The fourth-order valence-electron chi connectivity index (χ4n) is 1.90. The van der Waals surface area contributed by atoms with Gasteiger partial charge in [0.05, 0.1) is 11.4 Å². The summed E-state index contributed by atoms with van der Waals surface area (Å²) in [6.07, 6.45) is 3.25. The van der Waals surface area contributed by atoms with Crippen molar-refractivity contribution in [1.82, 2.24) is 15.5 Å². The molecule has 0 spiro atoms. The number of nitrogens with zero attached hydrogens (tertiary/aromatic N) is 2. The molecule has 0 fully saturated rings. The number of hydrogen-bond acceptors (Lipinski definition) is 5. The molecule has 1 amide bonds. The lowest BCUT2D eigenvalue weighted by molar-refractivity contribution is -0.116. The first-order valence-corrected chi connectivity index (χ1v) is 7.98. The zero-order valence-corrected chi connectivity index (χ0v) is 13.3.